The van der Waals surface area contributed by atoms with E-state index in [9.17, 15) is 5.26 Å². The molecule has 0 radical (unpaired) electrons. The van der Waals surface area contributed by atoms with Crippen molar-refractivity contribution in [1.29, 1.82) is 5.26 Å². The largest absolute Gasteiger partial charge is 0.493 e. The standard InChI is InChI=1S/C18H14BrN3O2/c1-23-16-7-14-11(9-20)10-21-18(15(14)8-17(16)24-2)22-13-5-3-4-12(19)6-13/h3-8,10H,1-2H3,(H,21,22). The number of aromatic nitrogens is 1. The zero-order valence-corrected chi connectivity index (χ0v) is 14.7. The van der Waals surface area contributed by atoms with Crippen molar-refractivity contribution in [2.75, 3.05) is 19.5 Å². The van der Waals surface area contributed by atoms with Crippen molar-refractivity contribution in [3.8, 4) is 17.6 Å². The van der Waals surface area contributed by atoms with Gasteiger partial charge in [-0.05, 0) is 30.3 Å². The Kier molecular flexibility index (Phi) is 4.54. The molecule has 0 amide bonds. The van der Waals surface area contributed by atoms with Gasteiger partial charge < -0.3 is 14.8 Å². The summed E-state index contributed by atoms with van der Waals surface area (Å²) in [7, 11) is 3.14. The summed E-state index contributed by atoms with van der Waals surface area (Å²) in [5.74, 6) is 1.79. The smallest absolute Gasteiger partial charge is 0.161 e. The zero-order valence-electron chi connectivity index (χ0n) is 13.1. The van der Waals surface area contributed by atoms with Crippen molar-refractivity contribution < 1.29 is 9.47 Å². The first-order valence-corrected chi connectivity index (χ1v) is 7.93. The molecule has 0 aliphatic rings. The molecular weight excluding hydrogens is 370 g/mol. The molecule has 0 atom stereocenters. The average molecular weight is 384 g/mol. The minimum atomic E-state index is 0.478. The highest BCUT2D eigenvalue weighted by atomic mass is 79.9. The van der Waals surface area contributed by atoms with Gasteiger partial charge in [0.15, 0.2) is 11.5 Å². The number of hydrogen-bond donors (Lipinski definition) is 1. The molecule has 1 heterocycles. The molecule has 6 heteroatoms. The van der Waals surface area contributed by atoms with Crippen LogP contribution in [0.1, 0.15) is 5.56 Å². The number of pyridine rings is 1. The maximum absolute atomic E-state index is 9.35. The lowest BCUT2D eigenvalue weighted by Gasteiger charge is -2.13. The lowest BCUT2D eigenvalue weighted by Crippen LogP contribution is -1.98. The van der Waals surface area contributed by atoms with E-state index in [0.717, 1.165) is 20.9 Å². The summed E-state index contributed by atoms with van der Waals surface area (Å²) in [4.78, 5) is 4.39. The summed E-state index contributed by atoms with van der Waals surface area (Å²) in [6, 6.07) is 13.6. The van der Waals surface area contributed by atoms with Crippen LogP contribution in [0.3, 0.4) is 0 Å². The van der Waals surface area contributed by atoms with Crippen molar-refractivity contribution in [3.63, 3.8) is 0 Å². The second-order valence-corrected chi connectivity index (χ2v) is 5.94. The molecule has 0 spiro atoms. The maximum atomic E-state index is 9.35. The molecule has 0 saturated carbocycles. The molecule has 1 N–H and O–H groups in total. The van der Waals surface area contributed by atoms with Gasteiger partial charge in [0, 0.05) is 27.1 Å². The van der Waals surface area contributed by atoms with Gasteiger partial charge in [0.05, 0.1) is 19.8 Å². The van der Waals surface area contributed by atoms with Crippen molar-refractivity contribution in [3.05, 3.63) is 52.6 Å². The summed E-state index contributed by atoms with van der Waals surface area (Å²) < 4.78 is 11.7. The van der Waals surface area contributed by atoms with Crippen molar-refractivity contribution >= 4 is 38.2 Å². The normalized spacial score (nSPS) is 10.2. The Bertz CT molecular complexity index is 951. The summed E-state index contributed by atoms with van der Waals surface area (Å²) in [6.45, 7) is 0. The first kappa shape index (κ1) is 16.1. The zero-order chi connectivity index (χ0) is 17.1. The Morgan fingerprint density at radius 3 is 2.42 bits per heavy atom. The summed E-state index contributed by atoms with van der Waals surface area (Å²) in [6.07, 6.45) is 1.55. The number of nitrogens with one attached hydrogen (secondary N) is 1. The second-order valence-electron chi connectivity index (χ2n) is 5.02. The predicted octanol–water partition coefficient (Wildman–Crippen LogP) is 4.63. The Morgan fingerprint density at radius 1 is 1.08 bits per heavy atom. The van der Waals surface area contributed by atoms with Crippen LogP contribution in [0, 0.1) is 11.3 Å². The van der Waals surface area contributed by atoms with E-state index in [2.05, 4.69) is 32.3 Å². The number of anilines is 2. The maximum Gasteiger partial charge on any atom is 0.161 e. The molecule has 3 rings (SSSR count). The SMILES string of the molecule is COc1cc2c(C#N)cnc(Nc3cccc(Br)c3)c2cc1OC. The fraction of sp³-hybridized carbons (Fsp3) is 0.111. The topological polar surface area (TPSA) is 67.2 Å². The molecule has 120 valence electrons. The first-order valence-electron chi connectivity index (χ1n) is 7.13. The van der Waals surface area contributed by atoms with Gasteiger partial charge in [0.25, 0.3) is 0 Å². The average Bonchev–Trinajstić information content (AvgIpc) is 2.60. The fourth-order valence-electron chi connectivity index (χ4n) is 2.46. The highest BCUT2D eigenvalue weighted by Crippen LogP contribution is 2.36. The fourth-order valence-corrected chi connectivity index (χ4v) is 2.86. The van der Waals surface area contributed by atoms with Gasteiger partial charge >= 0.3 is 0 Å². The molecule has 0 aliphatic carbocycles. The van der Waals surface area contributed by atoms with Crippen LogP contribution in [0.5, 0.6) is 11.5 Å². The van der Waals surface area contributed by atoms with Crippen LogP contribution in [-0.4, -0.2) is 19.2 Å². The van der Waals surface area contributed by atoms with Crippen LogP contribution in [0.4, 0.5) is 11.5 Å². The lowest BCUT2D eigenvalue weighted by molar-refractivity contribution is 0.356. The van der Waals surface area contributed by atoms with E-state index in [0.29, 0.717) is 22.9 Å². The summed E-state index contributed by atoms with van der Waals surface area (Å²) in [5.41, 5.74) is 1.36. The number of halogens is 1. The molecule has 0 fully saturated rings. The number of nitrogens with zero attached hydrogens (tertiary/aromatic N) is 2. The number of fused-ring (bicyclic) bond motifs is 1. The highest BCUT2D eigenvalue weighted by molar-refractivity contribution is 9.10. The van der Waals surface area contributed by atoms with E-state index in [4.69, 9.17) is 9.47 Å². The number of rotatable bonds is 4. The Hall–Kier alpha value is -2.78. The van der Waals surface area contributed by atoms with Crippen LogP contribution in [0.15, 0.2) is 47.1 Å². The van der Waals surface area contributed by atoms with E-state index < -0.39 is 0 Å². The molecule has 24 heavy (non-hydrogen) atoms. The van der Waals surface area contributed by atoms with E-state index in [1.54, 1.807) is 26.5 Å². The van der Waals surface area contributed by atoms with Crippen molar-refractivity contribution in [2.24, 2.45) is 0 Å². The monoisotopic (exact) mass is 383 g/mol. The Labute approximate surface area is 148 Å². The van der Waals surface area contributed by atoms with E-state index in [1.165, 1.54) is 0 Å². The number of benzene rings is 2. The van der Waals surface area contributed by atoms with Gasteiger partial charge in [-0.25, -0.2) is 4.98 Å². The van der Waals surface area contributed by atoms with Gasteiger partial charge in [-0.15, -0.1) is 0 Å². The number of hydrogen-bond acceptors (Lipinski definition) is 5. The number of nitriles is 1. The third-order valence-corrected chi connectivity index (χ3v) is 4.09. The predicted molar refractivity (Wildman–Crippen MR) is 97.0 cm³/mol. The second kappa shape index (κ2) is 6.77. The van der Waals surface area contributed by atoms with Crippen LogP contribution in [0.25, 0.3) is 10.8 Å². The molecule has 0 aliphatic heterocycles. The van der Waals surface area contributed by atoms with E-state index >= 15 is 0 Å². The molecule has 2 aromatic carbocycles. The van der Waals surface area contributed by atoms with Gasteiger partial charge in [-0.3, -0.25) is 0 Å². The minimum Gasteiger partial charge on any atom is -0.493 e. The molecule has 0 unspecified atom stereocenters. The molecule has 1 aromatic heterocycles. The Balaban J connectivity index is 2.19. The van der Waals surface area contributed by atoms with Gasteiger partial charge in [-0.1, -0.05) is 22.0 Å². The van der Waals surface area contributed by atoms with Crippen LogP contribution >= 0.6 is 15.9 Å². The van der Waals surface area contributed by atoms with Crippen molar-refractivity contribution in [2.45, 2.75) is 0 Å². The summed E-state index contributed by atoms with van der Waals surface area (Å²) >= 11 is 3.45. The highest BCUT2D eigenvalue weighted by Gasteiger charge is 2.13. The van der Waals surface area contributed by atoms with Crippen molar-refractivity contribution in [1.82, 2.24) is 4.98 Å². The van der Waals surface area contributed by atoms with Crippen LogP contribution < -0.4 is 14.8 Å². The molecule has 0 saturated heterocycles. The Morgan fingerprint density at radius 2 is 1.79 bits per heavy atom. The van der Waals surface area contributed by atoms with Crippen LogP contribution in [-0.2, 0) is 0 Å². The molecule has 3 aromatic rings. The van der Waals surface area contributed by atoms with Gasteiger partial charge in [0.1, 0.15) is 11.9 Å². The lowest BCUT2D eigenvalue weighted by atomic mass is 10.1. The first-order chi connectivity index (χ1) is 11.7. The van der Waals surface area contributed by atoms with Gasteiger partial charge in [0.2, 0.25) is 0 Å². The van der Waals surface area contributed by atoms with Crippen LogP contribution in [0.2, 0.25) is 0 Å². The minimum absolute atomic E-state index is 0.478. The molecule has 5 nitrogen and oxygen atoms in total. The number of ether oxygens (including phenoxy) is 2. The third kappa shape index (κ3) is 2.99. The molecular formula is C18H14BrN3O2. The van der Waals surface area contributed by atoms with Gasteiger partial charge in [-0.2, -0.15) is 5.26 Å². The third-order valence-electron chi connectivity index (χ3n) is 3.60. The number of methoxy groups -OCH3 is 2. The molecule has 0 bridgehead atoms. The van der Waals surface area contributed by atoms with E-state index in [1.807, 2.05) is 30.3 Å². The summed E-state index contributed by atoms with van der Waals surface area (Å²) in [5, 5.41) is 14.2. The quantitative estimate of drug-likeness (QED) is 0.711. The van der Waals surface area contributed by atoms with E-state index in [-0.39, 0.29) is 0 Å².